The van der Waals surface area contributed by atoms with Crippen LogP contribution in [0.2, 0.25) is 0 Å². The summed E-state index contributed by atoms with van der Waals surface area (Å²) in [5, 5.41) is 2.96. The first kappa shape index (κ1) is 15.5. The minimum absolute atomic E-state index is 0.0215. The molecule has 23 heavy (non-hydrogen) atoms. The van der Waals surface area contributed by atoms with E-state index in [-0.39, 0.29) is 23.5 Å². The van der Waals surface area contributed by atoms with E-state index in [4.69, 9.17) is 4.74 Å². The normalized spacial score (nSPS) is 20.4. The molecule has 3 rings (SSSR count). The first-order valence-electron chi connectivity index (χ1n) is 7.79. The zero-order valence-electron chi connectivity index (χ0n) is 13.0. The summed E-state index contributed by atoms with van der Waals surface area (Å²) in [6, 6.07) is 11.5. The summed E-state index contributed by atoms with van der Waals surface area (Å²) in [6.07, 6.45) is 2.41. The van der Waals surface area contributed by atoms with Gasteiger partial charge in [-0.05, 0) is 24.5 Å². The lowest BCUT2D eigenvalue weighted by atomic mass is 9.95. The van der Waals surface area contributed by atoms with Crippen molar-refractivity contribution in [3.63, 3.8) is 0 Å². The molecule has 1 fully saturated rings. The van der Waals surface area contributed by atoms with Crippen LogP contribution in [-0.4, -0.2) is 24.0 Å². The largest absolute Gasteiger partial charge is 0.373 e. The number of rotatable bonds is 4. The summed E-state index contributed by atoms with van der Waals surface area (Å²) in [5.41, 5.74) is 2.12. The number of hydrogen-bond donors (Lipinski definition) is 2. The van der Waals surface area contributed by atoms with Crippen molar-refractivity contribution in [3.8, 4) is 0 Å². The van der Waals surface area contributed by atoms with Crippen molar-refractivity contribution < 1.29 is 9.53 Å². The molecule has 2 heterocycles. The molecule has 2 aromatic rings. The highest BCUT2D eigenvalue weighted by molar-refractivity contribution is 5.95. The van der Waals surface area contributed by atoms with Crippen molar-refractivity contribution in [1.82, 2.24) is 10.3 Å². The number of benzene rings is 1. The van der Waals surface area contributed by atoms with Gasteiger partial charge in [-0.3, -0.25) is 9.59 Å². The van der Waals surface area contributed by atoms with Crippen molar-refractivity contribution in [1.29, 1.82) is 0 Å². The monoisotopic (exact) mass is 312 g/mol. The Morgan fingerprint density at radius 1 is 1.35 bits per heavy atom. The second kappa shape index (κ2) is 6.79. The maximum Gasteiger partial charge on any atom is 0.253 e. The fourth-order valence-corrected chi connectivity index (χ4v) is 2.99. The van der Waals surface area contributed by atoms with Gasteiger partial charge in [-0.25, -0.2) is 0 Å². The second-order valence-electron chi connectivity index (χ2n) is 5.85. The van der Waals surface area contributed by atoms with Gasteiger partial charge in [0.2, 0.25) is 5.56 Å². The van der Waals surface area contributed by atoms with Crippen LogP contribution in [0.4, 0.5) is 0 Å². The van der Waals surface area contributed by atoms with Gasteiger partial charge in [-0.15, -0.1) is 0 Å². The zero-order valence-corrected chi connectivity index (χ0v) is 13.0. The molecule has 5 nitrogen and oxygen atoms in total. The highest BCUT2D eigenvalue weighted by Gasteiger charge is 2.29. The van der Waals surface area contributed by atoms with Crippen LogP contribution in [0.1, 0.15) is 34.0 Å². The number of aryl methyl sites for hydroxylation is 1. The fourth-order valence-electron chi connectivity index (χ4n) is 2.99. The maximum absolute atomic E-state index is 12.3. The van der Waals surface area contributed by atoms with Gasteiger partial charge in [-0.2, -0.15) is 0 Å². The average Bonchev–Trinajstić information content (AvgIpc) is 3.02. The van der Waals surface area contributed by atoms with E-state index in [1.807, 2.05) is 18.2 Å². The predicted molar refractivity (Wildman–Crippen MR) is 87.4 cm³/mol. The molecule has 0 saturated carbocycles. The molecule has 2 N–H and O–H groups in total. The minimum atomic E-state index is -0.201. The molecular formula is C18H20N2O3. The molecule has 1 aliphatic rings. The van der Waals surface area contributed by atoms with Crippen LogP contribution in [0, 0.1) is 12.8 Å². The molecule has 1 aromatic carbocycles. The van der Waals surface area contributed by atoms with E-state index in [1.165, 1.54) is 12.3 Å². The van der Waals surface area contributed by atoms with Gasteiger partial charge in [0.15, 0.2) is 0 Å². The van der Waals surface area contributed by atoms with Gasteiger partial charge >= 0.3 is 0 Å². The lowest BCUT2D eigenvalue weighted by Crippen LogP contribution is -2.31. The van der Waals surface area contributed by atoms with E-state index in [0.29, 0.717) is 24.3 Å². The fraction of sp³-hybridized carbons (Fsp3) is 0.333. The zero-order chi connectivity index (χ0) is 16.2. The molecule has 0 bridgehead atoms. The van der Waals surface area contributed by atoms with Crippen LogP contribution in [0.5, 0.6) is 0 Å². The molecule has 0 radical (unpaired) electrons. The van der Waals surface area contributed by atoms with Crippen LogP contribution >= 0.6 is 0 Å². The molecular weight excluding hydrogens is 292 g/mol. The number of pyridine rings is 1. The Hall–Kier alpha value is -2.40. The van der Waals surface area contributed by atoms with Crippen molar-refractivity contribution in [2.45, 2.75) is 19.4 Å². The van der Waals surface area contributed by atoms with E-state index in [9.17, 15) is 9.59 Å². The number of nitrogens with one attached hydrogen (secondary N) is 2. The summed E-state index contributed by atoms with van der Waals surface area (Å²) in [7, 11) is 0. The highest BCUT2D eigenvalue weighted by atomic mass is 16.5. The Kier molecular flexibility index (Phi) is 4.57. The predicted octanol–water partition coefficient (Wildman–Crippen LogP) is 2.19. The second-order valence-corrected chi connectivity index (χ2v) is 5.85. The Labute approximate surface area is 134 Å². The van der Waals surface area contributed by atoms with Crippen molar-refractivity contribution >= 4 is 5.91 Å². The van der Waals surface area contributed by atoms with Gasteiger partial charge in [0.1, 0.15) is 0 Å². The summed E-state index contributed by atoms with van der Waals surface area (Å²) in [6.45, 7) is 3.02. The van der Waals surface area contributed by atoms with Crippen LogP contribution in [-0.2, 0) is 4.74 Å². The summed E-state index contributed by atoms with van der Waals surface area (Å²) >= 11 is 0. The number of H-pyrrole nitrogens is 1. The molecule has 1 amide bonds. The van der Waals surface area contributed by atoms with E-state index in [2.05, 4.69) is 22.4 Å². The van der Waals surface area contributed by atoms with E-state index >= 15 is 0 Å². The molecule has 1 saturated heterocycles. The number of aromatic nitrogens is 1. The molecule has 0 spiro atoms. The van der Waals surface area contributed by atoms with Crippen molar-refractivity contribution in [3.05, 3.63) is 69.6 Å². The van der Waals surface area contributed by atoms with Gasteiger partial charge < -0.3 is 15.0 Å². The minimum Gasteiger partial charge on any atom is -0.373 e. The van der Waals surface area contributed by atoms with E-state index in [1.54, 1.807) is 6.92 Å². The van der Waals surface area contributed by atoms with Crippen LogP contribution in [0.3, 0.4) is 0 Å². The summed E-state index contributed by atoms with van der Waals surface area (Å²) < 4.78 is 5.83. The molecule has 2 atom stereocenters. The average molecular weight is 312 g/mol. The number of amides is 1. The lowest BCUT2D eigenvalue weighted by Gasteiger charge is -2.19. The summed E-state index contributed by atoms with van der Waals surface area (Å²) in [4.78, 5) is 26.1. The number of aromatic amines is 1. The van der Waals surface area contributed by atoms with Crippen molar-refractivity contribution in [2.75, 3.05) is 13.2 Å². The van der Waals surface area contributed by atoms with Gasteiger partial charge in [0.05, 0.1) is 11.7 Å². The van der Waals surface area contributed by atoms with Gasteiger partial charge in [0, 0.05) is 31.3 Å². The standard InChI is InChI=1S/C18H20N2O3/c1-12-9-16(21)19-11-15(12)18(22)20-10-14-7-8-23-17(14)13-5-3-2-4-6-13/h2-6,9,11,14,17H,7-8,10H2,1H3,(H,19,21)(H,20,22)/t14-,17-/m1/s1. The lowest BCUT2D eigenvalue weighted by molar-refractivity contribution is 0.0846. The third-order valence-corrected chi connectivity index (χ3v) is 4.24. The Morgan fingerprint density at radius 2 is 2.13 bits per heavy atom. The number of carbonyl (C=O) groups is 1. The van der Waals surface area contributed by atoms with E-state index < -0.39 is 0 Å². The molecule has 0 unspecified atom stereocenters. The number of hydrogen-bond acceptors (Lipinski definition) is 3. The summed E-state index contributed by atoms with van der Waals surface area (Å²) in [5.74, 6) is 0.0851. The van der Waals surface area contributed by atoms with Crippen LogP contribution in [0.25, 0.3) is 0 Å². The first-order chi connectivity index (χ1) is 11.1. The first-order valence-corrected chi connectivity index (χ1v) is 7.79. The quantitative estimate of drug-likeness (QED) is 0.909. The molecule has 1 aromatic heterocycles. The molecule has 120 valence electrons. The third-order valence-electron chi connectivity index (χ3n) is 4.24. The molecule has 5 heteroatoms. The Bertz CT molecular complexity index is 739. The van der Waals surface area contributed by atoms with E-state index in [0.717, 1.165) is 12.0 Å². The number of carbonyl (C=O) groups excluding carboxylic acids is 1. The Balaban J connectivity index is 1.65. The van der Waals surface area contributed by atoms with Gasteiger partial charge in [-0.1, -0.05) is 30.3 Å². The van der Waals surface area contributed by atoms with Crippen LogP contribution < -0.4 is 10.9 Å². The smallest absolute Gasteiger partial charge is 0.253 e. The number of ether oxygens (including phenoxy) is 1. The SMILES string of the molecule is Cc1cc(=O)[nH]cc1C(=O)NC[C@H]1CCO[C@@H]1c1ccccc1. The third kappa shape index (κ3) is 3.51. The molecule has 0 aliphatic carbocycles. The Morgan fingerprint density at radius 3 is 2.87 bits per heavy atom. The van der Waals surface area contributed by atoms with Gasteiger partial charge in [0.25, 0.3) is 5.91 Å². The van der Waals surface area contributed by atoms with Crippen molar-refractivity contribution in [2.24, 2.45) is 5.92 Å². The topological polar surface area (TPSA) is 71.2 Å². The van der Waals surface area contributed by atoms with Crippen LogP contribution in [0.15, 0.2) is 47.4 Å². The highest BCUT2D eigenvalue weighted by Crippen LogP contribution is 2.33. The maximum atomic E-state index is 12.3. The molecule has 1 aliphatic heterocycles.